The number of aromatic nitrogens is 1. The van der Waals surface area contributed by atoms with Crippen LogP contribution in [0.1, 0.15) is 33.6 Å². The van der Waals surface area contributed by atoms with E-state index in [-0.39, 0.29) is 10.7 Å². The van der Waals surface area contributed by atoms with E-state index in [1.807, 2.05) is 51.1 Å². The Kier molecular flexibility index (Phi) is 5.57. The molecule has 0 saturated carbocycles. The Hall–Kier alpha value is -3.51. The Morgan fingerprint density at radius 3 is 2.06 bits per heavy atom. The van der Waals surface area contributed by atoms with Gasteiger partial charge in [-0.2, -0.15) is 0 Å². The minimum atomic E-state index is -0.487. The van der Waals surface area contributed by atoms with E-state index in [9.17, 15) is 9.59 Å². The van der Waals surface area contributed by atoms with Gasteiger partial charge in [0.15, 0.2) is 5.11 Å². The van der Waals surface area contributed by atoms with Gasteiger partial charge in [0.2, 0.25) is 0 Å². The maximum atomic E-state index is 13.3. The van der Waals surface area contributed by atoms with Crippen molar-refractivity contribution < 1.29 is 9.59 Å². The molecule has 1 saturated heterocycles. The summed E-state index contributed by atoms with van der Waals surface area (Å²) in [7, 11) is 0. The van der Waals surface area contributed by atoms with Crippen molar-refractivity contribution in [2.75, 3.05) is 4.90 Å². The molecule has 1 aliphatic heterocycles. The number of rotatable bonds is 3. The van der Waals surface area contributed by atoms with Gasteiger partial charge < -0.3 is 4.57 Å². The number of aryl methyl sites for hydroxylation is 4. The number of nitrogens with one attached hydrogen (secondary N) is 1. The summed E-state index contributed by atoms with van der Waals surface area (Å²) in [5.41, 5.74) is 7.96. The van der Waals surface area contributed by atoms with Crippen LogP contribution in [0.15, 0.2) is 54.1 Å². The molecule has 0 aliphatic carbocycles. The first-order valence-corrected chi connectivity index (χ1v) is 10.8. The van der Waals surface area contributed by atoms with Crippen LogP contribution in [0.25, 0.3) is 11.8 Å². The Balaban J connectivity index is 1.77. The van der Waals surface area contributed by atoms with Gasteiger partial charge in [0.05, 0.1) is 5.69 Å². The van der Waals surface area contributed by atoms with Crippen molar-refractivity contribution in [1.29, 1.82) is 0 Å². The maximum Gasteiger partial charge on any atom is 0.270 e. The molecule has 1 N–H and O–H groups in total. The highest BCUT2D eigenvalue weighted by molar-refractivity contribution is 7.80. The lowest BCUT2D eigenvalue weighted by atomic mass is 10.1. The van der Waals surface area contributed by atoms with Crippen LogP contribution in [0, 0.1) is 34.6 Å². The third-order valence-electron chi connectivity index (χ3n) is 5.63. The van der Waals surface area contributed by atoms with E-state index in [1.165, 1.54) is 16.0 Å². The number of carbonyl (C=O) groups is 2. The molecule has 0 unspecified atom stereocenters. The number of thiocarbonyl (C=S) groups is 1. The van der Waals surface area contributed by atoms with Gasteiger partial charge in [0.25, 0.3) is 11.8 Å². The topological polar surface area (TPSA) is 54.3 Å². The van der Waals surface area contributed by atoms with Gasteiger partial charge in [-0.1, -0.05) is 23.8 Å². The van der Waals surface area contributed by atoms with Crippen LogP contribution in [0.5, 0.6) is 0 Å². The predicted molar refractivity (Wildman–Crippen MR) is 132 cm³/mol. The van der Waals surface area contributed by atoms with Crippen LogP contribution < -0.4 is 10.2 Å². The Labute approximate surface area is 193 Å². The molecule has 2 heterocycles. The van der Waals surface area contributed by atoms with Gasteiger partial charge in [0, 0.05) is 17.1 Å². The van der Waals surface area contributed by atoms with Crippen LogP contribution in [0.2, 0.25) is 0 Å². The third-order valence-corrected chi connectivity index (χ3v) is 5.91. The number of amides is 2. The molecule has 2 aromatic carbocycles. The number of benzene rings is 2. The summed E-state index contributed by atoms with van der Waals surface area (Å²) in [6.45, 7) is 10.1. The molecule has 0 atom stereocenters. The quantitative estimate of drug-likeness (QED) is 0.358. The van der Waals surface area contributed by atoms with E-state index < -0.39 is 11.8 Å². The monoisotopic (exact) mass is 443 g/mol. The first-order valence-electron chi connectivity index (χ1n) is 10.4. The molecular formula is C26H25N3O2S. The fraction of sp³-hybridized carbons (Fsp3) is 0.192. The minimum absolute atomic E-state index is 0.0554. The number of anilines is 1. The van der Waals surface area contributed by atoms with Gasteiger partial charge >= 0.3 is 0 Å². The summed E-state index contributed by atoms with van der Waals surface area (Å²) in [5, 5.41) is 2.74. The van der Waals surface area contributed by atoms with Crippen LogP contribution in [-0.2, 0) is 9.59 Å². The van der Waals surface area contributed by atoms with Crippen molar-refractivity contribution in [3.8, 4) is 5.69 Å². The van der Waals surface area contributed by atoms with Gasteiger partial charge in [-0.15, -0.1) is 0 Å². The fourth-order valence-electron chi connectivity index (χ4n) is 4.15. The molecule has 1 aliphatic rings. The zero-order valence-corrected chi connectivity index (χ0v) is 19.6. The van der Waals surface area contributed by atoms with Crippen LogP contribution in [0.4, 0.5) is 5.69 Å². The second-order valence-electron chi connectivity index (χ2n) is 8.30. The van der Waals surface area contributed by atoms with E-state index >= 15 is 0 Å². The highest BCUT2D eigenvalue weighted by Gasteiger charge is 2.34. The van der Waals surface area contributed by atoms with Crippen LogP contribution >= 0.6 is 12.2 Å². The third kappa shape index (κ3) is 3.89. The summed E-state index contributed by atoms with van der Waals surface area (Å²) in [5.74, 6) is -0.918. The number of nitrogens with zero attached hydrogens (tertiary/aromatic N) is 2. The van der Waals surface area contributed by atoms with Gasteiger partial charge in [-0.05, 0) is 99.9 Å². The maximum absolute atomic E-state index is 13.3. The SMILES string of the molecule is Cc1ccc(N2C(=O)C(=Cc3cc(C)n(-c4cc(C)cc(C)c4)c3C)C(=O)NC2=S)cc1. The minimum Gasteiger partial charge on any atom is -0.318 e. The van der Waals surface area contributed by atoms with E-state index in [0.717, 1.165) is 28.2 Å². The van der Waals surface area contributed by atoms with E-state index in [2.05, 4.69) is 41.9 Å². The molecule has 4 rings (SSSR count). The first kappa shape index (κ1) is 21.7. The second-order valence-corrected chi connectivity index (χ2v) is 8.69. The highest BCUT2D eigenvalue weighted by atomic mass is 32.1. The summed E-state index contributed by atoms with van der Waals surface area (Å²) in [6.07, 6.45) is 1.65. The first-order chi connectivity index (χ1) is 15.2. The lowest BCUT2D eigenvalue weighted by molar-refractivity contribution is -0.122. The van der Waals surface area contributed by atoms with Crippen LogP contribution in [-0.4, -0.2) is 21.5 Å². The van der Waals surface area contributed by atoms with Gasteiger partial charge in [-0.3, -0.25) is 19.8 Å². The van der Waals surface area contributed by atoms with E-state index in [0.29, 0.717) is 5.69 Å². The molecule has 1 aromatic heterocycles. The smallest absolute Gasteiger partial charge is 0.270 e. The Morgan fingerprint density at radius 1 is 0.812 bits per heavy atom. The van der Waals surface area contributed by atoms with Gasteiger partial charge in [-0.25, -0.2) is 0 Å². The lowest BCUT2D eigenvalue weighted by Crippen LogP contribution is -2.54. The van der Waals surface area contributed by atoms with Crippen molar-refractivity contribution >= 4 is 40.9 Å². The highest BCUT2D eigenvalue weighted by Crippen LogP contribution is 2.27. The predicted octanol–water partition coefficient (Wildman–Crippen LogP) is 4.85. The molecule has 0 bridgehead atoms. The van der Waals surface area contributed by atoms with Crippen molar-refractivity contribution in [2.24, 2.45) is 0 Å². The largest absolute Gasteiger partial charge is 0.318 e. The average molecular weight is 444 g/mol. The number of carbonyl (C=O) groups excluding carboxylic acids is 2. The zero-order chi connectivity index (χ0) is 23.2. The van der Waals surface area contributed by atoms with E-state index in [1.54, 1.807) is 6.08 Å². The fourth-order valence-corrected chi connectivity index (χ4v) is 4.43. The van der Waals surface area contributed by atoms with Crippen molar-refractivity contribution in [1.82, 2.24) is 9.88 Å². The van der Waals surface area contributed by atoms with Crippen molar-refractivity contribution in [2.45, 2.75) is 34.6 Å². The molecule has 0 spiro atoms. The molecule has 5 nitrogen and oxygen atoms in total. The summed E-state index contributed by atoms with van der Waals surface area (Å²) in [6, 6.07) is 15.8. The summed E-state index contributed by atoms with van der Waals surface area (Å²) >= 11 is 5.29. The molecule has 1 fully saturated rings. The second kappa shape index (κ2) is 8.20. The average Bonchev–Trinajstić information content (AvgIpc) is 2.98. The summed E-state index contributed by atoms with van der Waals surface area (Å²) in [4.78, 5) is 27.4. The molecule has 6 heteroatoms. The molecule has 2 amide bonds. The molecular weight excluding hydrogens is 418 g/mol. The normalized spacial score (nSPS) is 15.5. The van der Waals surface area contributed by atoms with Crippen molar-refractivity contribution in [3.63, 3.8) is 0 Å². The van der Waals surface area contributed by atoms with Crippen molar-refractivity contribution in [3.05, 3.63) is 87.7 Å². The number of hydrogen-bond donors (Lipinski definition) is 1. The molecule has 32 heavy (non-hydrogen) atoms. The summed E-state index contributed by atoms with van der Waals surface area (Å²) < 4.78 is 2.14. The van der Waals surface area contributed by atoms with Gasteiger partial charge in [0.1, 0.15) is 5.57 Å². The molecule has 162 valence electrons. The zero-order valence-electron chi connectivity index (χ0n) is 18.8. The Bertz CT molecular complexity index is 1280. The standard InChI is InChI=1S/C26H25N3O2S/c1-15-6-8-21(9-7-15)29-25(31)23(24(30)27-26(29)32)14-20-13-18(4)28(19(20)5)22-11-16(2)10-17(3)12-22/h6-14H,1-5H3,(H,27,30,32). The lowest BCUT2D eigenvalue weighted by Gasteiger charge is -2.29. The molecule has 3 aromatic rings. The van der Waals surface area contributed by atoms with Crippen LogP contribution in [0.3, 0.4) is 0 Å². The Morgan fingerprint density at radius 2 is 1.44 bits per heavy atom. The molecule has 0 radical (unpaired) electrons. The number of hydrogen-bond acceptors (Lipinski definition) is 3. The van der Waals surface area contributed by atoms with E-state index in [4.69, 9.17) is 12.2 Å².